The number of hydrogen-bond acceptors (Lipinski definition) is 5. The van der Waals surface area contributed by atoms with Gasteiger partial charge in [0, 0.05) is 19.6 Å². The minimum absolute atomic E-state index is 0.125. The third kappa shape index (κ3) is 3.79. The average Bonchev–Trinajstić information content (AvgIpc) is 2.24. The van der Waals surface area contributed by atoms with Crippen LogP contribution in [0.15, 0.2) is 0 Å². The first kappa shape index (κ1) is 12.9. The molecular weight excluding hydrogens is 210 g/mol. The molecule has 1 atom stereocenters. The molecule has 0 radical (unpaired) electrons. The Kier molecular flexibility index (Phi) is 4.70. The average molecular weight is 229 g/mol. The van der Waals surface area contributed by atoms with Gasteiger partial charge in [0.1, 0.15) is 6.04 Å². The SMILES string of the molecule is COC(=O)C1CN(CCN(C)C)CC(=O)N1. The van der Waals surface area contributed by atoms with E-state index in [1.165, 1.54) is 7.11 Å². The van der Waals surface area contributed by atoms with E-state index in [2.05, 4.69) is 10.1 Å². The van der Waals surface area contributed by atoms with Gasteiger partial charge in [-0.2, -0.15) is 0 Å². The van der Waals surface area contributed by atoms with Crippen LogP contribution in [0.4, 0.5) is 0 Å². The highest BCUT2D eigenvalue weighted by Crippen LogP contribution is 2.01. The summed E-state index contributed by atoms with van der Waals surface area (Å²) < 4.78 is 4.62. The van der Waals surface area contributed by atoms with Gasteiger partial charge in [-0.15, -0.1) is 0 Å². The Labute approximate surface area is 95.5 Å². The summed E-state index contributed by atoms with van der Waals surface area (Å²) in [7, 11) is 5.27. The van der Waals surface area contributed by atoms with Crippen molar-refractivity contribution in [3.05, 3.63) is 0 Å². The van der Waals surface area contributed by atoms with Crippen LogP contribution in [0, 0.1) is 0 Å². The summed E-state index contributed by atoms with van der Waals surface area (Å²) in [5, 5.41) is 2.62. The van der Waals surface area contributed by atoms with E-state index in [4.69, 9.17) is 0 Å². The maximum Gasteiger partial charge on any atom is 0.329 e. The molecule has 92 valence electrons. The number of nitrogens with one attached hydrogen (secondary N) is 1. The van der Waals surface area contributed by atoms with E-state index >= 15 is 0 Å². The molecule has 1 aliphatic heterocycles. The van der Waals surface area contributed by atoms with Crippen LogP contribution in [0.3, 0.4) is 0 Å². The minimum atomic E-state index is -0.534. The summed E-state index contributed by atoms with van der Waals surface area (Å²) in [6.07, 6.45) is 0. The molecule has 1 unspecified atom stereocenters. The third-order valence-corrected chi connectivity index (χ3v) is 2.49. The minimum Gasteiger partial charge on any atom is -0.467 e. The topological polar surface area (TPSA) is 61.9 Å². The fourth-order valence-electron chi connectivity index (χ4n) is 1.60. The first-order valence-electron chi connectivity index (χ1n) is 5.27. The summed E-state index contributed by atoms with van der Waals surface area (Å²) >= 11 is 0. The molecule has 1 fully saturated rings. The predicted octanol–water partition coefficient (Wildman–Crippen LogP) is -1.48. The third-order valence-electron chi connectivity index (χ3n) is 2.49. The second kappa shape index (κ2) is 5.81. The van der Waals surface area contributed by atoms with Crippen LogP contribution in [0.5, 0.6) is 0 Å². The van der Waals surface area contributed by atoms with Crippen molar-refractivity contribution in [1.29, 1.82) is 0 Å². The van der Waals surface area contributed by atoms with Gasteiger partial charge in [-0.05, 0) is 14.1 Å². The molecule has 6 heteroatoms. The number of carbonyl (C=O) groups is 2. The van der Waals surface area contributed by atoms with Crippen molar-refractivity contribution in [1.82, 2.24) is 15.1 Å². The van der Waals surface area contributed by atoms with E-state index in [9.17, 15) is 9.59 Å². The first-order chi connectivity index (χ1) is 7.52. The van der Waals surface area contributed by atoms with E-state index in [0.717, 1.165) is 13.1 Å². The van der Waals surface area contributed by atoms with Gasteiger partial charge in [-0.3, -0.25) is 9.69 Å². The van der Waals surface area contributed by atoms with Crippen molar-refractivity contribution in [3.8, 4) is 0 Å². The van der Waals surface area contributed by atoms with E-state index < -0.39 is 6.04 Å². The Hall–Kier alpha value is -1.14. The molecule has 0 aliphatic carbocycles. The van der Waals surface area contributed by atoms with Crippen molar-refractivity contribution in [2.45, 2.75) is 6.04 Å². The molecule has 0 aromatic rings. The fraction of sp³-hybridized carbons (Fsp3) is 0.800. The van der Waals surface area contributed by atoms with Gasteiger partial charge in [-0.1, -0.05) is 0 Å². The van der Waals surface area contributed by atoms with Crippen LogP contribution in [-0.2, 0) is 14.3 Å². The first-order valence-corrected chi connectivity index (χ1v) is 5.27. The molecular formula is C10H19N3O3. The second-order valence-corrected chi connectivity index (χ2v) is 4.18. The number of likely N-dealkylation sites (N-methyl/N-ethyl adjacent to an activating group) is 1. The van der Waals surface area contributed by atoms with E-state index in [0.29, 0.717) is 13.1 Å². The number of methoxy groups -OCH3 is 1. The summed E-state index contributed by atoms with van der Waals surface area (Å²) in [5.41, 5.74) is 0. The molecule has 6 nitrogen and oxygen atoms in total. The Balaban J connectivity index is 2.47. The van der Waals surface area contributed by atoms with Crippen LogP contribution in [0.25, 0.3) is 0 Å². The molecule has 16 heavy (non-hydrogen) atoms. The lowest BCUT2D eigenvalue weighted by atomic mass is 10.2. The van der Waals surface area contributed by atoms with Crippen LogP contribution in [0.2, 0.25) is 0 Å². The maximum atomic E-state index is 11.4. The molecule has 1 saturated heterocycles. The van der Waals surface area contributed by atoms with Crippen molar-refractivity contribution in [2.75, 3.05) is 47.4 Å². The normalized spacial score (nSPS) is 22.0. The number of rotatable bonds is 4. The predicted molar refractivity (Wildman–Crippen MR) is 58.9 cm³/mol. The highest BCUT2D eigenvalue weighted by Gasteiger charge is 2.29. The van der Waals surface area contributed by atoms with Gasteiger partial charge in [-0.25, -0.2) is 4.79 Å². The lowest BCUT2D eigenvalue weighted by molar-refractivity contribution is -0.147. The Morgan fingerprint density at radius 3 is 2.88 bits per heavy atom. The Bertz CT molecular complexity index is 268. The van der Waals surface area contributed by atoms with Gasteiger partial charge >= 0.3 is 5.97 Å². The number of esters is 1. The van der Waals surface area contributed by atoms with Gasteiger partial charge in [0.05, 0.1) is 13.7 Å². The molecule has 1 aliphatic rings. The quantitative estimate of drug-likeness (QED) is 0.596. The standard InChI is InChI=1S/C10H19N3O3/c1-12(2)4-5-13-6-8(10(15)16-3)11-9(14)7-13/h8H,4-7H2,1-3H3,(H,11,14). The highest BCUT2D eigenvalue weighted by molar-refractivity contribution is 5.86. The van der Waals surface area contributed by atoms with Crippen molar-refractivity contribution in [3.63, 3.8) is 0 Å². The molecule has 0 spiro atoms. The number of nitrogens with zero attached hydrogens (tertiary/aromatic N) is 2. The largest absolute Gasteiger partial charge is 0.467 e. The lowest BCUT2D eigenvalue weighted by Crippen LogP contribution is -2.58. The van der Waals surface area contributed by atoms with Crippen LogP contribution in [0.1, 0.15) is 0 Å². The zero-order valence-corrected chi connectivity index (χ0v) is 10.0. The number of piperazine rings is 1. The van der Waals surface area contributed by atoms with Crippen LogP contribution >= 0.6 is 0 Å². The number of hydrogen-bond donors (Lipinski definition) is 1. The fourth-order valence-corrected chi connectivity index (χ4v) is 1.60. The van der Waals surface area contributed by atoms with Crippen molar-refractivity contribution >= 4 is 11.9 Å². The molecule has 1 N–H and O–H groups in total. The van der Waals surface area contributed by atoms with Crippen LogP contribution < -0.4 is 5.32 Å². The molecule has 1 heterocycles. The Morgan fingerprint density at radius 2 is 2.31 bits per heavy atom. The molecule has 1 amide bonds. The maximum absolute atomic E-state index is 11.4. The monoisotopic (exact) mass is 229 g/mol. The van der Waals surface area contributed by atoms with E-state index in [1.54, 1.807) is 0 Å². The van der Waals surface area contributed by atoms with E-state index in [1.807, 2.05) is 23.9 Å². The molecule has 0 saturated carbocycles. The second-order valence-electron chi connectivity index (χ2n) is 4.18. The number of ether oxygens (including phenoxy) is 1. The summed E-state index contributed by atoms with van der Waals surface area (Å²) in [6.45, 7) is 2.50. The number of amides is 1. The van der Waals surface area contributed by atoms with Crippen molar-refractivity contribution < 1.29 is 14.3 Å². The van der Waals surface area contributed by atoms with Crippen LogP contribution in [-0.4, -0.2) is 75.1 Å². The van der Waals surface area contributed by atoms with E-state index in [-0.39, 0.29) is 11.9 Å². The van der Waals surface area contributed by atoms with Crippen molar-refractivity contribution in [2.24, 2.45) is 0 Å². The lowest BCUT2D eigenvalue weighted by Gasteiger charge is -2.32. The van der Waals surface area contributed by atoms with Gasteiger partial charge < -0.3 is 15.0 Å². The zero-order chi connectivity index (χ0) is 12.1. The number of carbonyl (C=O) groups excluding carboxylic acids is 2. The van der Waals surface area contributed by atoms with Gasteiger partial charge in [0.2, 0.25) is 5.91 Å². The van der Waals surface area contributed by atoms with Gasteiger partial charge in [0.25, 0.3) is 0 Å². The smallest absolute Gasteiger partial charge is 0.329 e. The molecule has 0 aromatic heterocycles. The summed E-state index contributed by atoms with van der Waals surface area (Å²) in [5.74, 6) is -0.511. The summed E-state index contributed by atoms with van der Waals surface area (Å²) in [6, 6.07) is -0.534. The Morgan fingerprint density at radius 1 is 1.62 bits per heavy atom. The molecule has 0 aromatic carbocycles. The molecule has 0 bridgehead atoms. The highest BCUT2D eigenvalue weighted by atomic mass is 16.5. The van der Waals surface area contributed by atoms with Gasteiger partial charge in [0.15, 0.2) is 0 Å². The molecule has 1 rings (SSSR count). The zero-order valence-electron chi connectivity index (χ0n) is 10.0. The summed E-state index contributed by atoms with van der Waals surface area (Å²) in [4.78, 5) is 26.7.